The Bertz CT molecular complexity index is 277. The van der Waals surface area contributed by atoms with E-state index < -0.39 is 0 Å². The molecular formula is C14H29N3. The summed E-state index contributed by atoms with van der Waals surface area (Å²) in [7, 11) is 2.24. The van der Waals surface area contributed by atoms with Crippen molar-refractivity contribution in [3.63, 3.8) is 0 Å². The van der Waals surface area contributed by atoms with Gasteiger partial charge in [0.15, 0.2) is 0 Å². The first kappa shape index (κ1) is 13.3. The molecule has 2 N–H and O–H groups in total. The summed E-state index contributed by atoms with van der Waals surface area (Å²) in [6, 6.07) is 0.663. The summed E-state index contributed by atoms with van der Waals surface area (Å²) < 4.78 is 0. The van der Waals surface area contributed by atoms with E-state index in [0.29, 0.717) is 11.5 Å². The molecule has 0 aromatic rings. The Morgan fingerprint density at radius 1 is 1.24 bits per heavy atom. The van der Waals surface area contributed by atoms with Gasteiger partial charge in [0.2, 0.25) is 0 Å². The van der Waals surface area contributed by atoms with Gasteiger partial charge >= 0.3 is 0 Å². The van der Waals surface area contributed by atoms with Gasteiger partial charge in [-0.3, -0.25) is 4.90 Å². The lowest BCUT2D eigenvalue weighted by atomic mass is 9.82. The normalized spacial score (nSPS) is 39.7. The number of hydrogen-bond donors (Lipinski definition) is 1. The van der Waals surface area contributed by atoms with Gasteiger partial charge in [0.05, 0.1) is 0 Å². The molecule has 100 valence electrons. The lowest BCUT2D eigenvalue weighted by Crippen LogP contribution is -2.60. The topological polar surface area (TPSA) is 32.5 Å². The van der Waals surface area contributed by atoms with Crippen molar-refractivity contribution in [2.24, 2.45) is 11.1 Å². The Labute approximate surface area is 106 Å². The quantitative estimate of drug-likeness (QED) is 0.793. The van der Waals surface area contributed by atoms with Crippen molar-refractivity contribution in [1.82, 2.24) is 9.80 Å². The number of rotatable bonds is 2. The molecular weight excluding hydrogens is 210 g/mol. The number of nitrogens with two attached hydrogens (primary N) is 1. The van der Waals surface area contributed by atoms with Gasteiger partial charge in [0.25, 0.3) is 0 Å². The van der Waals surface area contributed by atoms with Crippen molar-refractivity contribution in [3.8, 4) is 0 Å². The number of hydrogen-bond acceptors (Lipinski definition) is 3. The zero-order valence-electron chi connectivity index (χ0n) is 12.0. The fraction of sp³-hybridized carbons (Fsp3) is 1.00. The van der Waals surface area contributed by atoms with Crippen LogP contribution in [-0.4, -0.2) is 54.6 Å². The maximum Gasteiger partial charge on any atom is 0.0358 e. The highest BCUT2D eigenvalue weighted by atomic mass is 15.3. The third-order valence-electron chi connectivity index (χ3n) is 5.09. The van der Waals surface area contributed by atoms with Crippen LogP contribution in [0.25, 0.3) is 0 Å². The van der Waals surface area contributed by atoms with Crippen LogP contribution in [0.15, 0.2) is 0 Å². The van der Waals surface area contributed by atoms with Crippen LogP contribution < -0.4 is 5.73 Å². The molecule has 3 nitrogen and oxygen atoms in total. The highest BCUT2D eigenvalue weighted by Gasteiger charge is 2.45. The first-order valence-corrected chi connectivity index (χ1v) is 7.04. The van der Waals surface area contributed by atoms with E-state index in [-0.39, 0.29) is 5.54 Å². The van der Waals surface area contributed by atoms with Crippen molar-refractivity contribution in [2.45, 2.75) is 51.6 Å². The predicted octanol–water partition coefficient (Wildman–Crippen LogP) is 1.53. The summed E-state index contributed by atoms with van der Waals surface area (Å²) >= 11 is 0. The lowest BCUT2D eigenvalue weighted by Gasteiger charge is -2.49. The summed E-state index contributed by atoms with van der Waals surface area (Å²) in [5.41, 5.74) is 6.91. The Kier molecular flexibility index (Phi) is 3.54. The zero-order valence-corrected chi connectivity index (χ0v) is 12.0. The Balaban J connectivity index is 2.10. The molecule has 3 heteroatoms. The van der Waals surface area contributed by atoms with E-state index in [1.807, 2.05) is 0 Å². The molecule has 0 radical (unpaired) electrons. The molecule has 0 amide bonds. The number of likely N-dealkylation sites (tertiary alicyclic amines) is 2. The average Bonchev–Trinajstić information content (AvgIpc) is 2.64. The predicted molar refractivity (Wildman–Crippen MR) is 73.1 cm³/mol. The molecule has 0 aliphatic carbocycles. The SMILES string of the molecule is CC1CC(CN)(N2CCC(C)(C)C2)CCN1C. The van der Waals surface area contributed by atoms with Crippen molar-refractivity contribution in [1.29, 1.82) is 0 Å². The highest BCUT2D eigenvalue weighted by molar-refractivity contribution is 5.02. The third-order valence-corrected chi connectivity index (χ3v) is 5.09. The molecule has 2 saturated heterocycles. The molecule has 2 aliphatic rings. The molecule has 0 aromatic carbocycles. The van der Waals surface area contributed by atoms with Gasteiger partial charge in [-0.05, 0) is 51.7 Å². The maximum absolute atomic E-state index is 6.15. The van der Waals surface area contributed by atoms with Crippen molar-refractivity contribution < 1.29 is 0 Å². The molecule has 0 saturated carbocycles. The molecule has 17 heavy (non-hydrogen) atoms. The molecule has 2 unspecified atom stereocenters. The summed E-state index contributed by atoms with van der Waals surface area (Å²) in [6.45, 7) is 11.6. The summed E-state index contributed by atoms with van der Waals surface area (Å²) in [5.74, 6) is 0. The maximum atomic E-state index is 6.15. The second-order valence-corrected chi connectivity index (χ2v) is 7.05. The van der Waals surface area contributed by atoms with Gasteiger partial charge < -0.3 is 10.6 Å². The molecule has 2 rings (SSSR count). The number of piperidine rings is 1. The van der Waals surface area contributed by atoms with Crippen molar-refractivity contribution >= 4 is 0 Å². The Morgan fingerprint density at radius 2 is 1.94 bits per heavy atom. The highest BCUT2D eigenvalue weighted by Crippen LogP contribution is 2.38. The molecule has 2 heterocycles. The van der Waals surface area contributed by atoms with Gasteiger partial charge in [-0.1, -0.05) is 13.8 Å². The number of nitrogens with zero attached hydrogens (tertiary/aromatic N) is 2. The lowest BCUT2D eigenvalue weighted by molar-refractivity contribution is 0.0199. The van der Waals surface area contributed by atoms with E-state index >= 15 is 0 Å². The molecule has 2 atom stereocenters. The minimum atomic E-state index is 0.277. The van der Waals surface area contributed by atoms with E-state index in [4.69, 9.17) is 5.73 Å². The van der Waals surface area contributed by atoms with Gasteiger partial charge in [-0.15, -0.1) is 0 Å². The summed E-state index contributed by atoms with van der Waals surface area (Å²) in [4.78, 5) is 5.16. The smallest absolute Gasteiger partial charge is 0.0358 e. The second-order valence-electron chi connectivity index (χ2n) is 7.05. The van der Waals surface area contributed by atoms with E-state index in [2.05, 4.69) is 37.6 Å². The largest absolute Gasteiger partial charge is 0.329 e. The van der Waals surface area contributed by atoms with Crippen LogP contribution in [0.2, 0.25) is 0 Å². The van der Waals surface area contributed by atoms with Crippen LogP contribution >= 0.6 is 0 Å². The van der Waals surface area contributed by atoms with Crippen LogP contribution in [0.1, 0.15) is 40.0 Å². The van der Waals surface area contributed by atoms with Crippen LogP contribution in [0, 0.1) is 5.41 Å². The van der Waals surface area contributed by atoms with Gasteiger partial charge in [-0.25, -0.2) is 0 Å². The van der Waals surface area contributed by atoms with Gasteiger partial charge in [0, 0.05) is 24.7 Å². The average molecular weight is 239 g/mol. The van der Waals surface area contributed by atoms with E-state index in [0.717, 1.165) is 6.54 Å². The molecule has 0 aromatic heterocycles. The van der Waals surface area contributed by atoms with Crippen molar-refractivity contribution in [2.75, 3.05) is 33.2 Å². The Hall–Kier alpha value is -0.120. The minimum Gasteiger partial charge on any atom is -0.329 e. The monoisotopic (exact) mass is 239 g/mol. The second kappa shape index (κ2) is 4.52. The van der Waals surface area contributed by atoms with Crippen LogP contribution in [-0.2, 0) is 0 Å². The fourth-order valence-electron chi connectivity index (χ4n) is 3.53. The van der Waals surface area contributed by atoms with Crippen LogP contribution in [0.4, 0.5) is 0 Å². The van der Waals surface area contributed by atoms with Gasteiger partial charge in [-0.2, -0.15) is 0 Å². The summed E-state index contributed by atoms with van der Waals surface area (Å²) in [5, 5.41) is 0. The zero-order chi connectivity index (χ0) is 12.7. The fourth-order valence-corrected chi connectivity index (χ4v) is 3.53. The molecule has 0 bridgehead atoms. The van der Waals surface area contributed by atoms with Crippen LogP contribution in [0.5, 0.6) is 0 Å². The summed E-state index contributed by atoms with van der Waals surface area (Å²) in [6.07, 6.45) is 3.79. The van der Waals surface area contributed by atoms with Crippen molar-refractivity contribution in [3.05, 3.63) is 0 Å². The molecule has 0 spiro atoms. The Morgan fingerprint density at radius 3 is 2.41 bits per heavy atom. The molecule has 2 fully saturated rings. The van der Waals surface area contributed by atoms with E-state index in [1.165, 1.54) is 38.9 Å². The first-order valence-electron chi connectivity index (χ1n) is 7.04. The van der Waals surface area contributed by atoms with E-state index in [1.54, 1.807) is 0 Å². The minimum absolute atomic E-state index is 0.277. The van der Waals surface area contributed by atoms with Gasteiger partial charge in [0.1, 0.15) is 0 Å². The standard InChI is InChI=1S/C14H29N3/c1-12-9-14(10-15,6-7-16(12)4)17-8-5-13(2,3)11-17/h12H,5-11,15H2,1-4H3. The molecule has 2 aliphatic heterocycles. The van der Waals surface area contributed by atoms with Crippen LogP contribution in [0.3, 0.4) is 0 Å². The van der Waals surface area contributed by atoms with E-state index in [9.17, 15) is 0 Å². The first-order chi connectivity index (χ1) is 7.88. The third kappa shape index (κ3) is 2.51.